The lowest BCUT2D eigenvalue weighted by Crippen LogP contribution is -2.20. The summed E-state index contributed by atoms with van der Waals surface area (Å²) in [7, 11) is 0. The van der Waals surface area contributed by atoms with Crippen molar-refractivity contribution in [3.8, 4) is 0 Å². The van der Waals surface area contributed by atoms with Gasteiger partial charge in [-0.05, 0) is 45.1 Å². The Kier molecular flexibility index (Phi) is 5.04. The van der Waals surface area contributed by atoms with Gasteiger partial charge in [0.25, 0.3) is 0 Å². The number of aliphatic hydroxyl groups excluding tert-OH is 1. The fourth-order valence-electron chi connectivity index (χ4n) is 1.61. The first-order valence-corrected chi connectivity index (χ1v) is 7.31. The van der Waals surface area contributed by atoms with Gasteiger partial charge >= 0.3 is 0 Å². The molecule has 2 nitrogen and oxygen atoms in total. The van der Waals surface area contributed by atoms with Gasteiger partial charge in [0.2, 0.25) is 0 Å². The molecule has 0 saturated carbocycles. The van der Waals surface area contributed by atoms with Gasteiger partial charge in [-0.1, -0.05) is 6.07 Å². The Balaban J connectivity index is 1.89. The summed E-state index contributed by atoms with van der Waals surface area (Å²) >= 11 is 5.01. The largest absolute Gasteiger partial charge is 0.387 e. The second-order valence-corrected chi connectivity index (χ2v) is 5.87. The summed E-state index contributed by atoms with van der Waals surface area (Å²) in [5.74, 6) is -1.86. The summed E-state index contributed by atoms with van der Waals surface area (Å²) in [5, 5.41) is 14.9. The van der Waals surface area contributed by atoms with E-state index in [2.05, 4.69) is 21.2 Å². The first-order valence-electron chi connectivity index (χ1n) is 5.63. The van der Waals surface area contributed by atoms with Crippen LogP contribution in [0.5, 0.6) is 0 Å². The van der Waals surface area contributed by atoms with Crippen LogP contribution in [0, 0.1) is 11.6 Å². The minimum atomic E-state index is -0.947. The molecule has 1 unspecified atom stereocenters. The van der Waals surface area contributed by atoms with Crippen molar-refractivity contribution in [3.63, 3.8) is 0 Å². The van der Waals surface area contributed by atoms with Crippen molar-refractivity contribution < 1.29 is 13.9 Å². The molecule has 0 radical (unpaired) electrons. The summed E-state index contributed by atoms with van der Waals surface area (Å²) in [5.41, 5.74) is 0.358. The number of hydrogen-bond acceptors (Lipinski definition) is 3. The maximum absolute atomic E-state index is 13.0. The molecular weight excluding hydrogens is 336 g/mol. The van der Waals surface area contributed by atoms with Crippen LogP contribution in [-0.4, -0.2) is 11.7 Å². The lowest BCUT2D eigenvalue weighted by molar-refractivity contribution is 0.174. The molecule has 2 aromatic rings. The molecule has 0 aliphatic carbocycles. The molecule has 1 atom stereocenters. The highest BCUT2D eigenvalue weighted by molar-refractivity contribution is 9.10. The number of hydrogen-bond donors (Lipinski definition) is 2. The van der Waals surface area contributed by atoms with Crippen LogP contribution in [-0.2, 0) is 6.54 Å². The molecule has 1 aromatic heterocycles. The average molecular weight is 348 g/mol. The highest BCUT2D eigenvalue weighted by atomic mass is 79.9. The van der Waals surface area contributed by atoms with Gasteiger partial charge in [0.15, 0.2) is 11.6 Å². The van der Waals surface area contributed by atoms with Crippen LogP contribution in [0.2, 0.25) is 0 Å². The van der Waals surface area contributed by atoms with E-state index < -0.39 is 17.7 Å². The van der Waals surface area contributed by atoms with Crippen LogP contribution >= 0.6 is 27.3 Å². The zero-order valence-corrected chi connectivity index (χ0v) is 12.3. The molecule has 1 heterocycles. The second kappa shape index (κ2) is 6.56. The van der Waals surface area contributed by atoms with E-state index in [1.54, 1.807) is 11.3 Å². The minimum absolute atomic E-state index is 0.273. The smallest absolute Gasteiger partial charge is 0.159 e. The molecule has 0 aliphatic heterocycles. The molecule has 0 amide bonds. The van der Waals surface area contributed by atoms with E-state index in [-0.39, 0.29) is 6.54 Å². The van der Waals surface area contributed by atoms with Gasteiger partial charge in [0, 0.05) is 22.4 Å². The third-order valence-corrected chi connectivity index (χ3v) is 4.57. The lowest BCUT2D eigenvalue weighted by Gasteiger charge is -2.12. The lowest BCUT2D eigenvalue weighted by atomic mass is 10.1. The third kappa shape index (κ3) is 3.82. The zero-order valence-electron chi connectivity index (χ0n) is 9.87. The van der Waals surface area contributed by atoms with Crippen molar-refractivity contribution in [1.82, 2.24) is 5.32 Å². The van der Waals surface area contributed by atoms with Gasteiger partial charge in [-0.25, -0.2) is 8.78 Å². The van der Waals surface area contributed by atoms with Gasteiger partial charge < -0.3 is 10.4 Å². The first kappa shape index (κ1) is 14.6. The SMILES string of the molecule is OC(CNCc1sccc1Br)c1ccc(F)c(F)c1. The van der Waals surface area contributed by atoms with Crippen LogP contribution in [0.15, 0.2) is 34.1 Å². The second-order valence-electron chi connectivity index (χ2n) is 4.01. The molecule has 19 heavy (non-hydrogen) atoms. The van der Waals surface area contributed by atoms with E-state index in [0.29, 0.717) is 12.1 Å². The van der Waals surface area contributed by atoms with E-state index in [1.807, 2.05) is 11.4 Å². The first-order chi connectivity index (χ1) is 9.08. The molecule has 0 aliphatic rings. The molecule has 6 heteroatoms. The summed E-state index contributed by atoms with van der Waals surface area (Å²) in [6.45, 7) is 0.883. The van der Waals surface area contributed by atoms with Gasteiger partial charge in [0.05, 0.1) is 6.10 Å². The van der Waals surface area contributed by atoms with Crippen molar-refractivity contribution >= 4 is 27.3 Å². The number of nitrogens with one attached hydrogen (secondary N) is 1. The van der Waals surface area contributed by atoms with Crippen molar-refractivity contribution in [2.75, 3.05) is 6.54 Å². The molecule has 0 spiro atoms. The predicted molar refractivity (Wildman–Crippen MR) is 75.0 cm³/mol. The Labute approximate surface area is 122 Å². The number of halogens is 3. The van der Waals surface area contributed by atoms with Crippen LogP contribution in [0.4, 0.5) is 8.78 Å². The van der Waals surface area contributed by atoms with E-state index in [0.717, 1.165) is 21.5 Å². The van der Waals surface area contributed by atoms with E-state index in [9.17, 15) is 13.9 Å². The van der Waals surface area contributed by atoms with Crippen LogP contribution in [0.3, 0.4) is 0 Å². The summed E-state index contributed by atoms with van der Waals surface area (Å²) in [6, 6.07) is 5.37. The molecule has 0 fully saturated rings. The number of rotatable bonds is 5. The fraction of sp³-hybridized carbons (Fsp3) is 0.231. The Bertz CT molecular complexity index is 561. The highest BCUT2D eigenvalue weighted by Crippen LogP contribution is 2.22. The standard InChI is InChI=1S/C13H12BrF2NOS/c14-9-3-4-19-13(9)7-17-6-12(18)8-1-2-10(15)11(16)5-8/h1-5,12,17-18H,6-7H2. The minimum Gasteiger partial charge on any atom is -0.387 e. The summed E-state index contributed by atoms with van der Waals surface area (Å²) in [4.78, 5) is 1.12. The maximum Gasteiger partial charge on any atom is 0.159 e. The highest BCUT2D eigenvalue weighted by Gasteiger charge is 2.11. The molecule has 1 aromatic carbocycles. The zero-order chi connectivity index (χ0) is 13.8. The quantitative estimate of drug-likeness (QED) is 0.865. The van der Waals surface area contributed by atoms with E-state index in [4.69, 9.17) is 0 Å². The topological polar surface area (TPSA) is 32.3 Å². The molecule has 2 N–H and O–H groups in total. The van der Waals surface area contributed by atoms with E-state index in [1.165, 1.54) is 6.07 Å². The van der Waals surface area contributed by atoms with Gasteiger partial charge in [-0.15, -0.1) is 11.3 Å². The van der Waals surface area contributed by atoms with Gasteiger partial charge in [-0.2, -0.15) is 0 Å². The van der Waals surface area contributed by atoms with Gasteiger partial charge in [0.1, 0.15) is 0 Å². The monoisotopic (exact) mass is 347 g/mol. The summed E-state index contributed by atoms with van der Waals surface area (Å²) in [6.07, 6.45) is -0.867. The van der Waals surface area contributed by atoms with Crippen LogP contribution < -0.4 is 5.32 Å². The fourth-order valence-corrected chi connectivity index (χ4v) is 3.07. The molecular formula is C13H12BrF2NOS. The maximum atomic E-state index is 13.0. The number of benzene rings is 1. The Morgan fingerprint density at radius 2 is 2.05 bits per heavy atom. The number of thiophene rings is 1. The van der Waals surface area contributed by atoms with Gasteiger partial charge in [-0.3, -0.25) is 0 Å². The normalized spacial score (nSPS) is 12.6. The van der Waals surface area contributed by atoms with Crippen molar-refractivity contribution in [2.24, 2.45) is 0 Å². The Morgan fingerprint density at radius 3 is 2.68 bits per heavy atom. The average Bonchev–Trinajstić information content (AvgIpc) is 2.78. The molecule has 0 saturated heterocycles. The van der Waals surface area contributed by atoms with Crippen LogP contribution in [0.25, 0.3) is 0 Å². The van der Waals surface area contributed by atoms with E-state index >= 15 is 0 Å². The predicted octanol–water partition coefficient (Wildman–Crippen LogP) is 3.61. The molecule has 0 bridgehead atoms. The van der Waals surface area contributed by atoms with Crippen molar-refractivity contribution in [3.05, 3.63) is 56.2 Å². The molecule has 102 valence electrons. The number of aliphatic hydroxyl groups is 1. The van der Waals surface area contributed by atoms with Crippen LogP contribution in [0.1, 0.15) is 16.5 Å². The Morgan fingerprint density at radius 1 is 1.26 bits per heavy atom. The Hall–Kier alpha value is -0.820. The molecule has 2 rings (SSSR count). The summed E-state index contributed by atoms with van der Waals surface area (Å²) < 4.78 is 26.8. The third-order valence-electron chi connectivity index (χ3n) is 2.64. The van der Waals surface area contributed by atoms with Crippen molar-refractivity contribution in [1.29, 1.82) is 0 Å². The van der Waals surface area contributed by atoms with Crippen molar-refractivity contribution in [2.45, 2.75) is 12.6 Å².